The van der Waals surface area contributed by atoms with Crippen molar-refractivity contribution in [1.29, 1.82) is 0 Å². The highest BCUT2D eigenvalue weighted by molar-refractivity contribution is 7.10. The van der Waals surface area contributed by atoms with Gasteiger partial charge in [0.1, 0.15) is 10.7 Å². The monoisotopic (exact) mass is 215 g/mol. The largest absolute Gasteiger partial charge is 0.375 e. The predicted molar refractivity (Wildman–Crippen MR) is 58.6 cm³/mol. The predicted octanol–water partition coefficient (Wildman–Crippen LogP) is 2.29. The van der Waals surface area contributed by atoms with Crippen LogP contribution in [0.25, 0.3) is 0 Å². The van der Waals surface area contributed by atoms with Crippen molar-refractivity contribution in [1.82, 2.24) is 9.59 Å². The minimum atomic E-state index is 0.568. The van der Waals surface area contributed by atoms with E-state index in [9.17, 15) is 0 Å². The number of hydrogen-bond donors (Lipinski definition) is 1. The molecule has 4 nitrogen and oxygen atoms in total. The summed E-state index contributed by atoms with van der Waals surface area (Å²) in [5, 5.41) is 8.26. The fourth-order valence-corrected chi connectivity index (χ4v) is 1.65. The van der Waals surface area contributed by atoms with Crippen LogP contribution >= 0.6 is 11.5 Å². The van der Waals surface area contributed by atoms with Crippen molar-refractivity contribution >= 4 is 16.5 Å². The molecule has 80 valence electrons. The number of aromatic nitrogens is 2. The lowest BCUT2D eigenvalue weighted by Crippen LogP contribution is -2.01. The highest BCUT2D eigenvalue weighted by atomic mass is 32.1. The van der Waals surface area contributed by atoms with Gasteiger partial charge in [-0.25, -0.2) is 0 Å². The average Bonchev–Trinajstić information content (AvgIpc) is 2.61. The maximum Gasteiger partial charge on any atom is 0.135 e. The molecule has 0 unspecified atom stereocenters. The molecule has 0 saturated heterocycles. The zero-order chi connectivity index (χ0) is 10.2. The van der Waals surface area contributed by atoms with Crippen molar-refractivity contribution < 1.29 is 4.74 Å². The van der Waals surface area contributed by atoms with Gasteiger partial charge in [-0.1, -0.05) is 17.8 Å². The van der Waals surface area contributed by atoms with Crippen LogP contribution in [0.2, 0.25) is 0 Å². The van der Waals surface area contributed by atoms with Crippen LogP contribution in [0.3, 0.4) is 0 Å². The maximum atomic E-state index is 5.47. The van der Waals surface area contributed by atoms with E-state index >= 15 is 0 Å². The number of unbranched alkanes of at least 4 members (excludes halogenated alkanes) is 1. The molecule has 0 spiro atoms. The Hall–Kier alpha value is -0.680. The molecule has 0 aliphatic rings. The maximum absolute atomic E-state index is 5.47. The first kappa shape index (κ1) is 11.4. The Balaban J connectivity index is 2.30. The van der Waals surface area contributed by atoms with Crippen molar-refractivity contribution in [3.05, 3.63) is 5.69 Å². The van der Waals surface area contributed by atoms with Crippen molar-refractivity contribution in [2.24, 2.45) is 0 Å². The molecular formula is C9H17N3OS. The van der Waals surface area contributed by atoms with Gasteiger partial charge in [0.15, 0.2) is 0 Å². The van der Waals surface area contributed by atoms with Crippen LogP contribution in [0.4, 0.5) is 5.00 Å². The van der Waals surface area contributed by atoms with Crippen LogP contribution in [-0.4, -0.2) is 22.7 Å². The molecule has 1 N–H and O–H groups in total. The number of hydrogen-bond acceptors (Lipinski definition) is 5. The van der Waals surface area contributed by atoms with Gasteiger partial charge in [0, 0.05) is 24.7 Å². The van der Waals surface area contributed by atoms with Gasteiger partial charge in [-0.3, -0.25) is 0 Å². The molecule has 0 aromatic carbocycles. The Labute approximate surface area is 88.8 Å². The molecule has 5 heteroatoms. The molecule has 0 atom stereocenters. The first-order valence-electron chi connectivity index (χ1n) is 5.01. The van der Waals surface area contributed by atoms with Gasteiger partial charge >= 0.3 is 0 Å². The fourth-order valence-electron chi connectivity index (χ4n) is 1.01. The summed E-state index contributed by atoms with van der Waals surface area (Å²) in [5.74, 6) is 0. The van der Waals surface area contributed by atoms with Crippen LogP contribution < -0.4 is 5.32 Å². The molecular weight excluding hydrogens is 198 g/mol. The van der Waals surface area contributed by atoms with Crippen LogP contribution in [-0.2, 0) is 11.3 Å². The first-order valence-corrected chi connectivity index (χ1v) is 5.78. The normalized spacial score (nSPS) is 10.4. The minimum absolute atomic E-state index is 0.568. The van der Waals surface area contributed by atoms with Gasteiger partial charge < -0.3 is 10.1 Å². The van der Waals surface area contributed by atoms with Crippen molar-refractivity contribution in [3.63, 3.8) is 0 Å². The van der Waals surface area contributed by atoms with E-state index in [1.807, 2.05) is 0 Å². The molecule has 0 aliphatic heterocycles. The van der Waals surface area contributed by atoms with Crippen LogP contribution in [0.5, 0.6) is 0 Å². The molecule has 0 bridgehead atoms. The third kappa shape index (κ3) is 3.59. The second-order valence-corrected chi connectivity index (χ2v) is 3.74. The SMILES string of the molecule is CCCCOCc1nnsc1NCC. The highest BCUT2D eigenvalue weighted by Crippen LogP contribution is 2.17. The van der Waals surface area contributed by atoms with Crippen LogP contribution in [0.1, 0.15) is 32.4 Å². The number of anilines is 1. The summed E-state index contributed by atoms with van der Waals surface area (Å²) < 4.78 is 9.36. The summed E-state index contributed by atoms with van der Waals surface area (Å²) in [6, 6.07) is 0. The van der Waals surface area contributed by atoms with Gasteiger partial charge in [-0.2, -0.15) is 0 Å². The topological polar surface area (TPSA) is 47.0 Å². The molecule has 0 radical (unpaired) electrons. The number of ether oxygens (including phenoxy) is 1. The smallest absolute Gasteiger partial charge is 0.135 e. The number of nitrogens with zero attached hydrogens (tertiary/aromatic N) is 2. The Morgan fingerprint density at radius 1 is 1.43 bits per heavy atom. The summed E-state index contributed by atoms with van der Waals surface area (Å²) in [5.41, 5.74) is 0.924. The summed E-state index contributed by atoms with van der Waals surface area (Å²) in [4.78, 5) is 0. The third-order valence-corrected chi connectivity index (χ3v) is 2.50. The number of nitrogens with one attached hydrogen (secondary N) is 1. The van der Waals surface area contributed by atoms with E-state index in [0.29, 0.717) is 6.61 Å². The summed E-state index contributed by atoms with van der Waals surface area (Å²) in [6.45, 7) is 6.48. The quantitative estimate of drug-likeness (QED) is 0.709. The lowest BCUT2D eigenvalue weighted by Gasteiger charge is -2.03. The molecule has 0 aliphatic carbocycles. The van der Waals surface area contributed by atoms with Crippen molar-refractivity contribution in [3.8, 4) is 0 Å². The van der Waals surface area contributed by atoms with Crippen LogP contribution in [0, 0.1) is 0 Å². The molecule has 14 heavy (non-hydrogen) atoms. The Bertz CT molecular complexity index is 252. The minimum Gasteiger partial charge on any atom is -0.375 e. The Kier molecular flexibility index (Phi) is 5.47. The summed E-state index contributed by atoms with van der Waals surface area (Å²) in [7, 11) is 0. The van der Waals surface area contributed by atoms with Gasteiger partial charge in [0.25, 0.3) is 0 Å². The lowest BCUT2D eigenvalue weighted by atomic mass is 10.4. The first-order chi connectivity index (χ1) is 6.88. The molecule has 1 aromatic heterocycles. The van der Waals surface area contributed by atoms with E-state index in [0.717, 1.165) is 36.7 Å². The third-order valence-electron chi connectivity index (χ3n) is 1.77. The molecule has 0 fully saturated rings. The van der Waals surface area contributed by atoms with E-state index in [1.54, 1.807) is 0 Å². The van der Waals surface area contributed by atoms with Gasteiger partial charge in [-0.15, -0.1) is 5.10 Å². The van der Waals surface area contributed by atoms with E-state index < -0.39 is 0 Å². The number of rotatable bonds is 7. The average molecular weight is 215 g/mol. The summed E-state index contributed by atoms with van der Waals surface area (Å²) >= 11 is 1.39. The zero-order valence-electron chi connectivity index (χ0n) is 8.75. The van der Waals surface area contributed by atoms with Crippen molar-refractivity contribution in [2.45, 2.75) is 33.3 Å². The molecule has 0 saturated carbocycles. The molecule has 1 heterocycles. The fraction of sp³-hybridized carbons (Fsp3) is 0.778. The molecule has 1 rings (SSSR count). The second kappa shape index (κ2) is 6.73. The summed E-state index contributed by atoms with van der Waals surface area (Å²) in [6.07, 6.45) is 2.27. The molecule has 1 aromatic rings. The highest BCUT2D eigenvalue weighted by Gasteiger charge is 2.05. The van der Waals surface area contributed by atoms with Crippen LogP contribution in [0.15, 0.2) is 0 Å². The van der Waals surface area contributed by atoms with E-state index in [2.05, 4.69) is 28.8 Å². The van der Waals surface area contributed by atoms with Gasteiger partial charge in [-0.05, 0) is 13.3 Å². The second-order valence-electron chi connectivity index (χ2n) is 2.99. The zero-order valence-corrected chi connectivity index (χ0v) is 9.56. The van der Waals surface area contributed by atoms with Gasteiger partial charge in [0.2, 0.25) is 0 Å². The molecule has 0 amide bonds. The van der Waals surface area contributed by atoms with Crippen molar-refractivity contribution in [2.75, 3.05) is 18.5 Å². The van der Waals surface area contributed by atoms with E-state index in [-0.39, 0.29) is 0 Å². The Morgan fingerprint density at radius 3 is 3.00 bits per heavy atom. The van der Waals surface area contributed by atoms with E-state index in [4.69, 9.17) is 4.74 Å². The standard InChI is InChI=1S/C9H17N3OS/c1-3-5-6-13-7-8-9(10-4-2)14-12-11-8/h10H,3-7H2,1-2H3. The van der Waals surface area contributed by atoms with Gasteiger partial charge in [0.05, 0.1) is 6.61 Å². The van der Waals surface area contributed by atoms with E-state index in [1.165, 1.54) is 11.5 Å². The Morgan fingerprint density at radius 2 is 2.29 bits per heavy atom. The lowest BCUT2D eigenvalue weighted by molar-refractivity contribution is 0.116.